The number of rotatable bonds is 7. The van der Waals surface area contributed by atoms with Crippen molar-refractivity contribution in [3.8, 4) is 11.1 Å². The monoisotopic (exact) mass is 513 g/mol. The van der Waals surface area contributed by atoms with E-state index in [1.807, 2.05) is 54.1 Å². The second-order valence-electron chi connectivity index (χ2n) is 10.9. The van der Waals surface area contributed by atoms with E-state index in [1.54, 1.807) is 0 Å². The zero-order valence-corrected chi connectivity index (χ0v) is 22.8. The lowest BCUT2D eigenvalue weighted by Gasteiger charge is -2.32. The summed E-state index contributed by atoms with van der Waals surface area (Å²) in [7, 11) is 1.93. The average Bonchev–Trinajstić information content (AvgIpc) is 3.59. The highest BCUT2D eigenvalue weighted by Gasteiger charge is 2.29. The summed E-state index contributed by atoms with van der Waals surface area (Å²) >= 11 is 0. The minimum atomic E-state index is 0.0118. The van der Waals surface area contributed by atoms with Crippen LogP contribution in [-0.4, -0.2) is 64.1 Å². The van der Waals surface area contributed by atoms with Crippen LogP contribution in [0.4, 0.5) is 5.69 Å². The number of aryl methyl sites for hydroxylation is 2. The molecule has 0 radical (unpaired) electrons. The number of piperidine rings is 1. The Morgan fingerprint density at radius 1 is 1.00 bits per heavy atom. The smallest absolute Gasteiger partial charge is 0.253 e. The molecule has 1 aromatic heterocycles. The lowest BCUT2D eigenvalue weighted by atomic mass is 9.88. The van der Waals surface area contributed by atoms with Crippen LogP contribution in [0.2, 0.25) is 0 Å². The molecule has 1 atom stereocenters. The third-order valence-corrected chi connectivity index (χ3v) is 8.13. The molecule has 7 heteroatoms. The molecule has 2 fully saturated rings. The summed E-state index contributed by atoms with van der Waals surface area (Å²) in [5, 5.41) is 7.38. The largest absolute Gasteiger partial charge is 0.339 e. The molecule has 2 aliphatic rings. The van der Waals surface area contributed by atoms with Crippen LogP contribution in [-0.2, 0) is 11.8 Å². The summed E-state index contributed by atoms with van der Waals surface area (Å²) in [6.45, 7) is 8.46. The summed E-state index contributed by atoms with van der Waals surface area (Å²) in [6, 6.07) is 14.4. The van der Waals surface area contributed by atoms with Gasteiger partial charge in [-0.25, -0.2) is 0 Å². The Labute approximate surface area is 225 Å². The summed E-state index contributed by atoms with van der Waals surface area (Å²) in [6.07, 6.45) is 7.80. The van der Waals surface area contributed by atoms with E-state index < -0.39 is 0 Å². The van der Waals surface area contributed by atoms with Crippen LogP contribution < -0.4 is 5.32 Å². The van der Waals surface area contributed by atoms with Gasteiger partial charge in [0.25, 0.3) is 5.91 Å². The van der Waals surface area contributed by atoms with Gasteiger partial charge in [-0.1, -0.05) is 37.3 Å². The molecule has 2 amide bonds. The number of anilines is 1. The first-order valence-corrected chi connectivity index (χ1v) is 13.9. The fourth-order valence-corrected chi connectivity index (χ4v) is 5.81. The third kappa shape index (κ3) is 5.83. The van der Waals surface area contributed by atoms with Crippen LogP contribution in [0.3, 0.4) is 0 Å². The number of benzene rings is 2. The number of nitrogens with one attached hydrogen (secondary N) is 1. The molecule has 0 saturated carbocycles. The highest BCUT2D eigenvalue weighted by molar-refractivity contribution is 5.98. The SMILES string of the molecule is CCCN1CCC(C(=O)Nc2cc(C(=O)N3CCC(c4ccc(-c5cnn(C)c5)cc4)CC3)ccc2C)C1. The Kier molecular flexibility index (Phi) is 7.93. The van der Waals surface area contributed by atoms with Crippen LogP contribution in [0.5, 0.6) is 0 Å². The fourth-order valence-electron chi connectivity index (χ4n) is 5.81. The molecule has 2 aliphatic heterocycles. The molecule has 2 saturated heterocycles. The average molecular weight is 514 g/mol. The lowest BCUT2D eigenvalue weighted by Crippen LogP contribution is -2.38. The van der Waals surface area contributed by atoms with Crippen LogP contribution in [0.1, 0.15) is 60.0 Å². The van der Waals surface area contributed by atoms with E-state index in [0.29, 0.717) is 11.5 Å². The van der Waals surface area contributed by atoms with E-state index in [0.717, 1.165) is 75.2 Å². The van der Waals surface area contributed by atoms with Gasteiger partial charge in [0.2, 0.25) is 5.91 Å². The Bertz CT molecular complexity index is 1270. The van der Waals surface area contributed by atoms with E-state index in [9.17, 15) is 9.59 Å². The van der Waals surface area contributed by atoms with Gasteiger partial charge in [-0.3, -0.25) is 14.3 Å². The second kappa shape index (κ2) is 11.5. The zero-order chi connectivity index (χ0) is 26.6. The van der Waals surface area contributed by atoms with Crippen LogP contribution in [0.25, 0.3) is 11.1 Å². The Morgan fingerprint density at radius 3 is 2.45 bits per heavy atom. The third-order valence-electron chi connectivity index (χ3n) is 8.13. The van der Waals surface area contributed by atoms with Crippen molar-refractivity contribution in [2.75, 3.05) is 38.0 Å². The summed E-state index contributed by atoms with van der Waals surface area (Å²) in [5.74, 6) is 0.568. The van der Waals surface area contributed by atoms with Crippen molar-refractivity contribution in [1.29, 1.82) is 0 Å². The molecular weight excluding hydrogens is 474 g/mol. The number of likely N-dealkylation sites (tertiary alicyclic amines) is 2. The Morgan fingerprint density at radius 2 is 1.76 bits per heavy atom. The van der Waals surface area contributed by atoms with E-state index in [1.165, 1.54) is 11.1 Å². The first kappa shape index (κ1) is 26.2. The maximum Gasteiger partial charge on any atom is 0.253 e. The maximum absolute atomic E-state index is 13.4. The van der Waals surface area contributed by atoms with E-state index in [2.05, 4.69) is 46.5 Å². The van der Waals surface area contributed by atoms with Crippen molar-refractivity contribution in [3.05, 3.63) is 71.5 Å². The van der Waals surface area contributed by atoms with Crippen molar-refractivity contribution < 1.29 is 9.59 Å². The number of hydrogen-bond acceptors (Lipinski definition) is 4. The molecule has 0 aliphatic carbocycles. The molecule has 1 unspecified atom stereocenters. The summed E-state index contributed by atoms with van der Waals surface area (Å²) < 4.78 is 1.82. The van der Waals surface area contributed by atoms with Crippen molar-refractivity contribution >= 4 is 17.5 Å². The van der Waals surface area contributed by atoms with Gasteiger partial charge in [-0.15, -0.1) is 0 Å². The molecule has 5 rings (SSSR count). The highest BCUT2D eigenvalue weighted by atomic mass is 16.2. The van der Waals surface area contributed by atoms with Gasteiger partial charge in [-0.05, 0) is 80.4 Å². The summed E-state index contributed by atoms with van der Waals surface area (Å²) in [4.78, 5) is 30.6. The standard InChI is InChI=1S/C31H39N5O2/c1-4-14-35-15-11-27(21-35)30(37)33-29-18-26(6-5-22(29)2)31(38)36-16-12-25(13-17-36)23-7-9-24(10-8-23)28-19-32-34(3)20-28/h5-10,18-20,25,27H,4,11-17,21H2,1-3H3,(H,33,37). The van der Waals surface area contributed by atoms with Crippen LogP contribution in [0.15, 0.2) is 54.9 Å². The normalized spacial score (nSPS) is 18.6. The van der Waals surface area contributed by atoms with Gasteiger partial charge >= 0.3 is 0 Å². The van der Waals surface area contributed by atoms with Crippen LogP contribution in [0, 0.1) is 12.8 Å². The Balaban J connectivity index is 1.17. The molecule has 200 valence electrons. The van der Waals surface area contributed by atoms with E-state index in [-0.39, 0.29) is 17.7 Å². The fraction of sp³-hybridized carbons (Fsp3) is 0.452. The van der Waals surface area contributed by atoms with Crippen molar-refractivity contribution in [3.63, 3.8) is 0 Å². The van der Waals surface area contributed by atoms with Gasteiger partial charge < -0.3 is 15.1 Å². The number of carbonyl (C=O) groups is 2. The number of carbonyl (C=O) groups excluding carboxylic acids is 2. The minimum absolute atomic E-state index is 0.0118. The molecule has 38 heavy (non-hydrogen) atoms. The topological polar surface area (TPSA) is 70.5 Å². The van der Waals surface area contributed by atoms with Gasteiger partial charge in [0.05, 0.1) is 12.1 Å². The van der Waals surface area contributed by atoms with Gasteiger partial charge in [0, 0.05) is 49.7 Å². The van der Waals surface area contributed by atoms with Gasteiger partial charge in [0.1, 0.15) is 0 Å². The second-order valence-corrected chi connectivity index (χ2v) is 10.9. The number of aromatic nitrogens is 2. The molecule has 7 nitrogen and oxygen atoms in total. The Hall–Kier alpha value is -3.45. The van der Waals surface area contributed by atoms with Gasteiger partial charge in [0.15, 0.2) is 0 Å². The van der Waals surface area contributed by atoms with Crippen molar-refractivity contribution in [2.45, 2.75) is 45.4 Å². The van der Waals surface area contributed by atoms with E-state index in [4.69, 9.17) is 0 Å². The lowest BCUT2D eigenvalue weighted by molar-refractivity contribution is -0.119. The molecule has 0 bridgehead atoms. The minimum Gasteiger partial charge on any atom is -0.339 e. The predicted molar refractivity (Wildman–Crippen MR) is 151 cm³/mol. The molecule has 3 heterocycles. The molecule has 0 spiro atoms. The highest BCUT2D eigenvalue weighted by Crippen LogP contribution is 2.31. The maximum atomic E-state index is 13.4. The number of amides is 2. The molecular formula is C31H39N5O2. The first-order chi connectivity index (χ1) is 18.4. The first-order valence-electron chi connectivity index (χ1n) is 13.9. The van der Waals surface area contributed by atoms with Crippen molar-refractivity contribution in [2.24, 2.45) is 13.0 Å². The van der Waals surface area contributed by atoms with E-state index >= 15 is 0 Å². The molecule has 1 N–H and O–H groups in total. The van der Waals surface area contributed by atoms with Crippen LogP contribution >= 0.6 is 0 Å². The zero-order valence-electron chi connectivity index (χ0n) is 22.8. The molecule has 3 aromatic rings. The predicted octanol–water partition coefficient (Wildman–Crippen LogP) is 5.09. The quantitative estimate of drug-likeness (QED) is 0.478. The van der Waals surface area contributed by atoms with Crippen molar-refractivity contribution in [1.82, 2.24) is 19.6 Å². The molecule has 2 aromatic carbocycles. The number of nitrogens with zero attached hydrogens (tertiary/aromatic N) is 4. The van der Waals surface area contributed by atoms with Gasteiger partial charge in [-0.2, -0.15) is 5.10 Å². The number of hydrogen-bond donors (Lipinski definition) is 1. The summed E-state index contributed by atoms with van der Waals surface area (Å²) in [5.41, 5.74) is 5.99.